The molecule has 0 radical (unpaired) electrons. The highest BCUT2D eigenvalue weighted by atomic mass is 79.9. The Balaban J connectivity index is 2.05. The number of piperidine rings is 1. The van der Waals surface area contributed by atoms with Gasteiger partial charge in [0.25, 0.3) is 5.91 Å². The maximum Gasteiger partial charge on any atom is 0.253 e. The number of amides is 1. The molecule has 1 fully saturated rings. The summed E-state index contributed by atoms with van der Waals surface area (Å²) in [7, 11) is 1.97. The fourth-order valence-corrected chi connectivity index (χ4v) is 2.61. The second kappa shape index (κ2) is 6.04. The highest BCUT2D eigenvalue weighted by molar-refractivity contribution is 9.10. The van der Waals surface area contributed by atoms with Crippen LogP contribution in [0.3, 0.4) is 0 Å². The first-order chi connectivity index (χ1) is 8.61. The Morgan fingerprint density at radius 3 is 2.67 bits per heavy atom. The quantitative estimate of drug-likeness (QED) is 0.904. The fourth-order valence-electron chi connectivity index (χ4n) is 2.18. The number of hydrogen-bond donors (Lipinski definition) is 1. The molecule has 1 amide bonds. The summed E-state index contributed by atoms with van der Waals surface area (Å²) in [5.41, 5.74) is 0.658. The number of carbonyl (C=O) groups is 1. The first-order valence-corrected chi connectivity index (χ1v) is 7.20. The van der Waals surface area contributed by atoms with E-state index in [4.69, 9.17) is 11.6 Å². The van der Waals surface area contributed by atoms with Gasteiger partial charge in [0.1, 0.15) is 0 Å². The van der Waals surface area contributed by atoms with Crippen molar-refractivity contribution < 1.29 is 4.79 Å². The molecule has 1 aromatic carbocycles. The maximum atomic E-state index is 12.3. The zero-order valence-electron chi connectivity index (χ0n) is 10.2. The molecule has 1 aliphatic rings. The average Bonchev–Trinajstić information content (AvgIpc) is 2.41. The molecule has 0 saturated carbocycles. The van der Waals surface area contributed by atoms with Gasteiger partial charge in [-0.1, -0.05) is 11.6 Å². The highest BCUT2D eigenvalue weighted by Gasteiger charge is 2.22. The van der Waals surface area contributed by atoms with E-state index in [1.54, 1.807) is 6.07 Å². The Labute approximate surface area is 121 Å². The van der Waals surface area contributed by atoms with Gasteiger partial charge in [0, 0.05) is 29.2 Å². The van der Waals surface area contributed by atoms with Crippen molar-refractivity contribution in [3.63, 3.8) is 0 Å². The standard InChI is InChI=1S/C13H16BrClN2O/c1-16-10-4-6-17(7-5-10)13(18)9-2-3-11(14)12(15)8-9/h2-3,8,10,16H,4-7H2,1H3. The molecule has 0 atom stereocenters. The highest BCUT2D eigenvalue weighted by Crippen LogP contribution is 2.24. The van der Waals surface area contributed by atoms with E-state index in [0.29, 0.717) is 16.6 Å². The van der Waals surface area contributed by atoms with Gasteiger partial charge in [0.15, 0.2) is 0 Å². The van der Waals surface area contributed by atoms with Crippen LogP contribution in [0.5, 0.6) is 0 Å². The van der Waals surface area contributed by atoms with Crippen LogP contribution in [0.4, 0.5) is 0 Å². The summed E-state index contributed by atoms with van der Waals surface area (Å²) < 4.78 is 0.814. The van der Waals surface area contributed by atoms with Crippen molar-refractivity contribution in [3.8, 4) is 0 Å². The van der Waals surface area contributed by atoms with Crippen LogP contribution in [0.2, 0.25) is 5.02 Å². The molecule has 2 rings (SSSR count). The van der Waals surface area contributed by atoms with Crippen molar-refractivity contribution in [1.82, 2.24) is 10.2 Å². The Morgan fingerprint density at radius 1 is 1.44 bits per heavy atom. The molecule has 0 unspecified atom stereocenters. The van der Waals surface area contributed by atoms with E-state index in [-0.39, 0.29) is 5.91 Å². The molecule has 1 saturated heterocycles. The van der Waals surface area contributed by atoms with Crippen molar-refractivity contribution in [2.75, 3.05) is 20.1 Å². The minimum Gasteiger partial charge on any atom is -0.339 e. The van der Waals surface area contributed by atoms with Crippen LogP contribution in [0.15, 0.2) is 22.7 Å². The first-order valence-electron chi connectivity index (χ1n) is 6.03. The summed E-state index contributed by atoms with van der Waals surface area (Å²) in [6, 6.07) is 5.87. The van der Waals surface area contributed by atoms with Crippen LogP contribution in [0.25, 0.3) is 0 Å². The largest absolute Gasteiger partial charge is 0.339 e. The smallest absolute Gasteiger partial charge is 0.253 e. The predicted molar refractivity (Wildman–Crippen MR) is 77.1 cm³/mol. The van der Waals surface area contributed by atoms with Gasteiger partial charge in [-0.2, -0.15) is 0 Å². The van der Waals surface area contributed by atoms with Crippen LogP contribution >= 0.6 is 27.5 Å². The predicted octanol–water partition coefficient (Wildman–Crippen LogP) is 2.93. The Hall–Kier alpha value is -0.580. The van der Waals surface area contributed by atoms with Crippen molar-refractivity contribution in [2.45, 2.75) is 18.9 Å². The van der Waals surface area contributed by atoms with Gasteiger partial charge in [0.2, 0.25) is 0 Å². The lowest BCUT2D eigenvalue weighted by atomic mass is 10.0. The average molecular weight is 332 g/mol. The van der Waals surface area contributed by atoms with E-state index in [1.807, 2.05) is 24.1 Å². The van der Waals surface area contributed by atoms with Crippen molar-refractivity contribution in [2.24, 2.45) is 0 Å². The van der Waals surface area contributed by atoms with E-state index in [2.05, 4.69) is 21.2 Å². The van der Waals surface area contributed by atoms with Gasteiger partial charge in [-0.15, -0.1) is 0 Å². The second-order valence-electron chi connectivity index (χ2n) is 4.48. The Morgan fingerprint density at radius 2 is 2.11 bits per heavy atom. The summed E-state index contributed by atoms with van der Waals surface area (Å²) in [6.45, 7) is 1.61. The number of carbonyl (C=O) groups excluding carboxylic acids is 1. The molecular formula is C13H16BrClN2O. The number of likely N-dealkylation sites (tertiary alicyclic amines) is 1. The number of hydrogen-bond acceptors (Lipinski definition) is 2. The lowest BCUT2D eigenvalue weighted by Crippen LogP contribution is -2.43. The monoisotopic (exact) mass is 330 g/mol. The van der Waals surface area contributed by atoms with Crippen LogP contribution in [0, 0.1) is 0 Å². The summed E-state index contributed by atoms with van der Waals surface area (Å²) in [6.07, 6.45) is 2.01. The number of nitrogens with zero attached hydrogens (tertiary/aromatic N) is 1. The number of nitrogens with one attached hydrogen (secondary N) is 1. The number of rotatable bonds is 2. The normalized spacial score (nSPS) is 16.9. The Bertz CT molecular complexity index is 445. The SMILES string of the molecule is CNC1CCN(C(=O)c2ccc(Br)c(Cl)c2)CC1. The van der Waals surface area contributed by atoms with E-state index in [1.165, 1.54) is 0 Å². The Kier molecular flexibility index (Phi) is 4.65. The summed E-state index contributed by atoms with van der Waals surface area (Å²) in [5, 5.41) is 3.83. The lowest BCUT2D eigenvalue weighted by Gasteiger charge is -2.31. The second-order valence-corrected chi connectivity index (χ2v) is 5.75. The molecule has 1 heterocycles. The summed E-state index contributed by atoms with van der Waals surface area (Å²) in [5.74, 6) is 0.0685. The molecule has 3 nitrogen and oxygen atoms in total. The maximum absolute atomic E-state index is 12.3. The summed E-state index contributed by atoms with van der Waals surface area (Å²) >= 11 is 9.34. The third-order valence-electron chi connectivity index (χ3n) is 3.36. The summed E-state index contributed by atoms with van der Waals surface area (Å²) in [4.78, 5) is 14.2. The van der Waals surface area contributed by atoms with Gasteiger partial charge in [-0.3, -0.25) is 4.79 Å². The molecule has 1 aliphatic heterocycles. The molecule has 98 valence electrons. The number of benzene rings is 1. The molecule has 0 aliphatic carbocycles. The zero-order valence-corrected chi connectivity index (χ0v) is 12.6. The van der Waals surface area contributed by atoms with Gasteiger partial charge >= 0.3 is 0 Å². The minimum atomic E-state index is 0.0685. The van der Waals surface area contributed by atoms with Crippen molar-refractivity contribution in [3.05, 3.63) is 33.3 Å². The van der Waals surface area contributed by atoms with Crippen LogP contribution in [-0.2, 0) is 0 Å². The molecule has 0 bridgehead atoms. The van der Waals surface area contributed by atoms with Gasteiger partial charge < -0.3 is 10.2 Å². The molecule has 5 heteroatoms. The van der Waals surface area contributed by atoms with Gasteiger partial charge in [0.05, 0.1) is 5.02 Å². The van der Waals surface area contributed by atoms with E-state index in [0.717, 1.165) is 30.4 Å². The third kappa shape index (κ3) is 3.05. The molecule has 0 spiro atoms. The van der Waals surface area contributed by atoms with Crippen molar-refractivity contribution >= 4 is 33.4 Å². The fraction of sp³-hybridized carbons (Fsp3) is 0.462. The van der Waals surface area contributed by atoms with Crippen LogP contribution in [0.1, 0.15) is 23.2 Å². The van der Waals surface area contributed by atoms with Crippen molar-refractivity contribution in [1.29, 1.82) is 0 Å². The van der Waals surface area contributed by atoms with E-state index in [9.17, 15) is 4.79 Å². The van der Waals surface area contributed by atoms with Gasteiger partial charge in [-0.05, 0) is 54.0 Å². The lowest BCUT2D eigenvalue weighted by molar-refractivity contribution is 0.0707. The van der Waals surface area contributed by atoms with Crippen LogP contribution < -0.4 is 5.32 Å². The first kappa shape index (κ1) is 13.8. The molecule has 1 aromatic rings. The third-order valence-corrected chi connectivity index (χ3v) is 4.59. The molecule has 0 aromatic heterocycles. The van der Waals surface area contributed by atoms with E-state index >= 15 is 0 Å². The molecule has 1 N–H and O–H groups in total. The van der Waals surface area contributed by atoms with E-state index < -0.39 is 0 Å². The van der Waals surface area contributed by atoms with Gasteiger partial charge in [-0.25, -0.2) is 0 Å². The zero-order chi connectivity index (χ0) is 13.1. The molecular weight excluding hydrogens is 316 g/mol. The topological polar surface area (TPSA) is 32.3 Å². The number of halogens is 2. The minimum absolute atomic E-state index is 0.0685. The molecule has 18 heavy (non-hydrogen) atoms. The van der Waals surface area contributed by atoms with Crippen LogP contribution in [-0.4, -0.2) is 37.0 Å².